The first-order valence-electron chi connectivity index (χ1n) is 3.93. The molecule has 12 heavy (non-hydrogen) atoms. The molecule has 1 aromatic heterocycles. The van der Waals surface area contributed by atoms with Crippen LogP contribution in [-0.4, -0.2) is 11.0 Å². The summed E-state index contributed by atoms with van der Waals surface area (Å²) in [6.45, 7) is 0. The molecule has 3 N–H and O–H groups in total. The number of nitrogens with two attached hydrogens (primary N) is 1. The van der Waals surface area contributed by atoms with Gasteiger partial charge in [0.1, 0.15) is 5.82 Å². The maximum Gasteiger partial charge on any atom is 0.125 e. The zero-order chi connectivity index (χ0) is 8.55. The van der Waals surface area contributed by atoms with Crippen molar-refractivity contribution in [1.82, 2.24) is 4.98 Å². The number of hydrogen-bond donors (Lipinski definition) is 2. The van der Waals surface area contributed by atoms with Gasteiger partial charge in [-0.2, -0.15) is 0 Å². The molecule has 0 saturated heterocycles. The number of anilines is 2. The second kappa shape index (κ2) is 3.08. The van der Waals surface area contributed by atoms with E-state index in [4.69, 9.17) is 5.73 Å². The van der Waals surface area contributed by atoms with Crippen molar-refractivity contribution in [1.29, 1.82) is 0 Å². The van der Waals surface area contributed by atoms with Crippen molar-refractivity contribution in [2.24, 2.45) is 0 Å². The number of halogens is 1. The monoisotopic (exact) mass is 275 g/mol. The van der Waals surface area contributed by atoms with Crippen molar-refractivity contribution < 1.29 is 0 Å². The molecule has 1 aromatic rings. The summed E-state index contributed by atoms with van der Waals surface area (Å²) in [7, 11) is 0. The zero-order valence-electron chi connectivity index (χ0n) is 6.55. The largest absolute Gasteiger partial charge is 0.384 e. The van der Waals surface area contributed by atoms with Crippen molar-refractivity contribution in [3.63, 3.8) is 0 Å². The summed E-state index contributed by atoms with van der Waals surface area (Å²) < 4.78 is 1.13. The molecule has 0 aromatic carbocycles. The zero-order valence-corrected chi connectivity index (χ0v) is 8.71. The van der Waals surface area contributed by atoms with Crippen LogP contribution in [-0.2, 0) is 0 Å². The Bertz CT molecular complexity index is 296. The average molecular weight is 275 g/mol. The fourth-order valence-electron chi connectivity index (χ4n) is 1.01. The molecule has 0 atom stereocenters. The Morgan fingerprint density at radius 3 is 3.00 bits per heavy atom. The lowest BCUT2D eigenvalue weighted by Crippen LogP contribution is -2.04. The summed E-state index contributed by atoms with van der Waals surface area (Å²) in [5, 5.41) is 3.40. The van der Waals surface area contributed by atoms with E-state index >= 15 is 0 Å². The first kappa shape index (κ1) is 8.10. The molecule has 0 unspecified atom stereocenters. The molecule has 1 aliphatic carbocycles. The van der Waals surface area contributed by atoms with Crippen molar-refractivity contribution in [3.05, 3.63) is 15.8 Å². The standard InChI is InChI=1S/C8H10IN3/c9-6-4-11-8(10)3-7(6)12-5-1-2-5/h3-5H,1-2H2,(H3,10,11,12). The lowest BCUT2D eigenvalue weighted by molar-refractivity contribution is 1.14. The third kappa shape index (κ3) is 1.80. The summed E-state index contributed by atoms with van der Waals surface area (Å²) in [6.07, 6.45) is 4.34. The van der Waals surface area contributed by atoms with Gasteiger partial charge in [0.25, 0.3) is 0 Å². The highest BCUT2D eigenvalue weighted by Crippen LogP contribution is 2.27. The van der Waals surface area contributed by atoms with Gasteiger partial charge in [0, 0.05) is 18.3 Å². The fraction of sp³-hybridized carbons (Fsp3) is 0.375. The van der Waals surface area contributed by atoms with Crippen molar-refractivity contribution in [3.8, 4) is 0 Å². The van der Waals surface area contributed by atoms with Gasteiger partial charge in [0.05, 0.1) is 9.26 Å². The highest BCUT2D eigenvalue weighted by molar-refractivity contribution is 14.1. The Labute approximate surface area is 84.9 Å². The lowest BCUT2D eigenvalue weighted by Gasteiger charge is -2.06. The van der Waals surface area contributed by atoms with E-state index in [0.717, 1.165) is 9.26 Å². The molecule has 0 spiro atoms. The summed E-state index contributed by atoms with van der Waals surface area (Å²) >= 11 is 2.26. The molecule has 2 rings (SSSR count). The van der Waals surface area contributed by atoms with Crippen LogP contribution in [0, 0.1) is 3.57 Å². The first-order chi connectivity index (χ1) is 5.75. The molecule has 0 amide bonds. The van der Waals surface area contributed by atoms with E-state index in [0.29, 0.717) is 11.9 Å². The van der Waals surface area contributed by atoms with Crippen molar-refractivity contribution >= 4 is 34.1 Å². The fourth-order valence-corrected chi connectivity index (χ4v) is 1.46. The van der Waals surface area contributed by atoms with Crippen molar-refractivity contribution in [2.45, 2.75) is 18.9 Å². The van der Waals surface area contributed by atoms with E-state index in [1.54, 1.807) is 6.20 Å². The predicted molar refractivity (Wildman–Crippen MR) is 58.0 cm³/mol. The smallest absolute Gasteiger partial charge is 0.125 e. The Balaban J connectivity index is 2.21. The van der Waals surface area contributed by atoms with E-state index in [1.165, 1.54) is 12.8 Å². The number of rotatable bonds is 2. The molecule has 1 fully saturated rings. The van der Waals surface area contributed by atoms with E-state index in [-0.39, 0.29) is 0 Å². The Morgan fingerprint density at radius 2 is 2.33 bits per heavy atom. The van der Waals surface area contributed by atoms with Crippen LogP contribution in [0.3, 0.4) is 0 Å². The number of pyridine rings is 1. The Hall–Kier alpha value is -0.520. The number of nitrogens with one attached hydrogen (secondary N) is 1. The summed E-state index contributed by atoms with van der Waals surface area (Å²) in [5.41, 5.74) is 6.69. The van der Waals surface area contributed by atoms with E-state index in [9.17, 15) is 0 Å². The minimum atomic E-state index is 0.582. The highest BCUT2D eigenvalue weighted by atomic mass is 127. The summed E-state index contributed by atoms with van der Waals surface area (Å²) in [5.74, 6) is 0.582. The molecule has 0 radical (unpaired) electrons. The van der Waals surface area contributed by atoms with Gasteiger partial charge in [-0.3, -0.25) is 0 Å². The highest BCUT2D eigenvalue weighted by Gasteiger charge is 2.21. The second-order valence-electron chi connectivity index (χ2n) is 3.01. The van der Waals surface area contributed by atoms with Gasteiger partial charge >= 0.3 is 0 Å². The van der Waals surface area contributed by atoms with Gasteiger partial charge in [-0.15, -0.1) is 0 Å². The van der Waals surface area contributed by atoms with Crippen LogP contribution < -0.4 is 11.1 Å². The molecule has 0 bridgehead atoms. The number of hydrogen-bond acceptors (Lipinski definition) is 3. The average Bonchev–Trinajstić information content (AvgIpc) is 2.81. The third-order valence-corrected chi connectivity index (χ3v) is 2.67. The van der Waals surface area contributed by atoms with Crippen LogP contribution in [0.2, 0.25) is 0 Å². The first-order valence-corrected chi connectivity index (χ1v) is 5.01. The Kier molecular flexibility index (Phi) is 2.08. The minimum Gasteiger partial charge on any atom is -0.384 e. The molecule has 1 heterocycles. The molecule has 64 valence electrons. The second-order valence-corrected chi connectivity index (χ2v) is 4.17. The number of nitrogens with zero attached hydrogens (tertiary/aromatic N) is 1. The van der Waals surface area contributed by atoms with Crippen LogP contribution in [0.15, 0.2) is 12.3 Å². The van der Waals surface area contributed by atoms with Crippen LogP contribution in [0.4, 0.5) is 11.5 Å². The molecule has 0 aliphatic heterocycles. The normalized spacial score (nSPS) is 16.1. The summed E-state index contributed by atoms with van der Waals surface area (Å²) in [4.78, 5) is 4.00. The van der Waals surface area contributed by atoms with E-state index in [1.807, 2.05) is 6.07 Å². The molecular formula is C8H10IN3. The quantitative estimate of drug-likeness (QED) is 0.810. The molecular weight excluding hydrogens is 265 g/mol. The van der Waals surface area contributed by atoms with Crippen LogP contribution in [0.1, 0.15) is 12.8 Å². The van der Waals surface area contributed by atoms with Crippen molar-refractivity contribution in [2.75, 3.05) is 11.1 Å². The minimum absolute atomic E-state index is 0.582. The van der Waals surface area contributed by atoms with Gasteiger partial charge in [-0.25, -0.2) is 4.98 Å². The van der Waals surface area contributed by atoms with Gasteiger partial charge in [-0.05, 0) is 35.4 Å². The van der Waals surface area contributed by atoms with E-state index in [2.05, 4.69) is 32.9 Å². The lowest BCUT2D eigenvalue weighted by atomic mass is 10.4. The molecule has 3 nitrogen and oxygen atoms in total. The topological polar surface area (TPSA) is 50.9 Å². The van der Waals surface area contributed by atoms with Crippen LogP contribution >= 0.6 is 22.6 Å². The maximum absolute atomic E-state index is 5.57. The Morgan fingerprint density at radius 1 is 1.58 bits per heavy atom. The molecule has 4 heteroatoms. The number of aromatic nitrogens is 1. The SMILES string of the molecule is Nc1cc(NC2CC2)c(I)cn1. The van der Waals surface area contributed by atoms with Crippen LogP contribution in [0.5, 0.6) is 0 Å². The van der Waals surface area contributed by atoms with Gasteiger partial charge in [0.2, 0.25) is 0 Å². The summed E-state index contributed by atoms with van der Waals surface area (Å²) in [6, 6.07) is 2.56. The number of nitrogen functional groups attached to an aromatic ring is 1. The predicted octanol–water partition coefficient (Wildman–Crippen LogP) is 1.84. The molecule has 1 aliphatic rings. The third-order valence-electron chi connectivity index (χ3n) is 1.81. The maximum atomic E-state index is 5.57. The van der Waals surface area contributed by atoms with Crippen LogP contribution in [0.25, 0.3) is 0 Å². The van der Waals surface area contributed by atoms with Gasteiger partial charge in [-0.1, -0.05) is 0 Å². The molecule has 1 saturated carbocycles. The van der Waals surface area contributed by atoms with E-state index < -0.39 is 0 Å². The van der Waals surface area contributed by atoms with Gasteiger partial charge in [0.15, 0.2) is 0 Å². The van der Waals surface area contributed by atoms with Gasteiger partial charge < -0.3 is 11.1 Å².